The maximum atomic E-state index is 12.3. The zero-order chi connectivity index (χ0) is 13.1. The average Bonchev–Trinajstić information content (AvgIpc) is 2.29. The Bertz CT molecular complexity index is 344. The van der Waals surface area contributed by atoms with Crippen LogP contribution in [0.25, 0.3) is 0 Å². The fourth-order valence-electron chi connectivity index (χ4n) is 1.72. The maximum Gasteiger partial charge on any atom is 0.417 e. The molecule has 0 amide bonds. The summed E-state index contributed by atoms with van der Waals surface area (Å²) in [7, 11) is 0. The van der Waals surface area contributed by atoms with Crippen molar-refractivity contribution in [1.29, 1.82) is 0 Å². The molecule has 0 aromatic carbocycles. The summed E-state index contributed by atoms with van der Waals surface area (Å²) in [5.41, 5.74) is -0.496. The molecule has 2 nitrogen and oxygen atoms in total. The average molecular weight is 247 g/mol. The van der Waals surface area contributed by atoms with E-state index in [0.717, 1.165) is 25.1 Å². The van der Waals surface area contributed by atoms with E-state index in [2.05, 4.69) is 4.98 Å². The highest BCUT2D eigenvalue weighted by atomic mass is 19.4. The van der Waals surface area contributed by atoms with Crippen LogP contribution in [0.4, 0.5) is 13.2 Å². The van der Waals surface area contributed by atoms with E-state index < -0.39 is 17.8 Å². The molecule has 96 valence electrons. The number of rotatable bonds is 4. The third-order valence-electron chi connectivity index (χ3n) is 2.91. The largest absolute Gasteiger partial charge is 0.417 e. The molecule has 1 rings (SSSR count). The smallest absolute Gasteiger partial charge is 0.387 e. The van der Waals surface area contributed by atoms with Gasteiger partial charge in [-0.15, -0.1) is 0 Å². The number of hydrogen-bond acceptors (Lipinski definition) is 2. The summed E-state index contributed by atoms with van der Waals surface area (Å²) < 4.78 is 36.9. The molecule has 1 aromatic heterocycles. The molecule has 1 N–H and O–H groups in total. The predicted molar refractivity (Wildman–Crippen MR) is 58.3 cm³/mol. The van der Waals surface area contributed by atoms with Crippen molar-refractivity contribution in [3.63, 3.8) is 0 Å². The normalized spacial score (nSPS) is 14.1. The quantitative estimate of drug-likeness (QED) is 0.882. The van der Waals surface area contributed by atoms with Crippen LogP contribution in [0.5, 0.6) is 0 Å². The van der Waals surface area contributed by atoms with Gasteiger partial charge in [-0.3, -0.25) is 4.98 Å². The van der Waals surface area contributed by atoms with E-state index in [4.69, 9.17) is 0 Å². The molecule has 0 saturated heterocycles. The third-order valence-corrected chi connectivity index (χ3v) is 2.91. The second kappa shape index (κ2) is 5.49. The fourth-order valence-corrected chi connectivity index (χ4v) is 1.72. The van der Waals surface area contributed by atoms with Crippen LogP contribution in [0.1, 0.15) is 44.1 Å². The molecule has 17 heavy (non-hydrogen) atoms. The van der Waals surface area contributed by atoms with Gasteiger partial charge in [0, 0.05) is 6.20 Å². The lowest BCUT2D eigenvalue weighted by Crippen LogP contribution is -2.13. The Labute approximate surface area is 98.5 Å². The summed E-state index contributed by atoms with van der Waals surface area (Å²) in [6.45, 7) is 3.86. The molecule has 0 saturated carbocycles. The highest BCUT2D eigenvalue weighted by Crippen LogP contribution is 2.30. The molecular formula is C12H16F3NO. The minimum Gasteiger partial charge on any atom is -0.387 e. The van der Waals surface area contributed by atoms with Gasteiger partial charge in [0.2, 0.25) is 0 Å². The molecular weight excluding hydrogens is 231 g/mol. The molecule has 0 aliphatic rings. The lowest BCUT2D eigenvalue weighted by atomic mass is 9.94. The van der Waals surface area contributed by atoms with Gasteiger partial charge in [0.05, 0.1) is 17.4 Å². The van der Waals surface area contributed by atoms with Crippen LogP contribution >= 0.6 is 0 Å². The summed E-state index contributed by atoms with van der Waals surface area (Å²) in [5, 5.41) is 9.93. The number of aromatic nitrogens is 1. The molecule has 1 aromatic rings. The summed E-state index contributed by atoms with van der Waals surface area (Å²) in [4.78, 5) is 3.69. The Morgan fingerprint density at radius 2 is 1.82 bits per heavy atom. The molecule has 1 atom stereocenters. The van der Waals surface area contributed by atoms with Crippen LogP contribution in [0.15, 0.2) is 18.3 Å². The lowest BCUT2D eigenvalue weighted by Gasteiger charge is -2.19. The number of aliphatic hydroxyl groups excluding tert-OH is 1. The van der Waals surface area contributed by atoms with Crippen molar-refractivity contribution in [2.75, 3.05) is 0 Å². The highest BCUT2D eigenvalue weighted by Gasteiger charge is 2.31. The van der Waals surface area contributed by atoms with Crippen molar-refractivity contribution in [3.8, 4) is 0 Å². The van der Waals surface area contributed by atoms with Gasteiger partial charge in [0.15, 0.2) is 0 Å². The van der Waals surface area contributed by atoms with Crippen molar-refractivity contribution >= 4 is 0 Å². The Hall–Kier alpha value is -1.10. The van der Waals surface area contributed by atoms with Crippen molar-refractivity contribution in [3.05, 3.63) is 29.6 Å². The molecule has 0 radical (unpaired) electrons. The van der Waals surface area contributed by atoms with Crippen molar-refractivity contribution in [2.45, 2.75) is 39.0 Å². The SMILES string of the molecule is CCC(CC)C(O)c1ccc(C(F)(F)F)cn1. The second-order valence-corrected chi connectivity index (χ2v) is 3.99. The first kappa shape index (κ1) is 14.0. The number of alkyl halides is 3. The number of pyridine rings is 1. The predicted octanol–water partition coefficient (Wildman–Crippen LogP) is 3.57. The third kappa shape index (κ3) is 3.43. The van der Waals surface area contributed by atoms with Gasteiger partial charge >= 0.3 is 6.18 Å². The molecule has 0 fully saturated rings. The number of halogens is 3. The van der Waals surface area contributed by atoms with Gasteiger partial charge in [0.1, 0.15) is 0 Å². The van der Waals surface area contributed by atoms with Gasteiger partial charge in [0.25, 0.3) is 0 Å². The van der Waals surface area contributed by atoms with E-state index in [1.54, 1.807) is 0 Å². The van der Waals surface area contributed by atoms with Gasteiger partial charge < -0.3 is 5.11 Å². The summed E-state index contributed by atoms with van der Waals surface area (Å²) in [6, 6.07) is 2.19. The van der Waals surface area contributed by atoms with Crippen molar-refractivity contribution < 1.29 is 18.3 Å². The maximum absolute atomic E-state index is 12.3. The molecule has 0 aliphatic carbocycles. The van der Waals surface area contributed by atoms with Crippen LogP contribution in [0.2, 0.25) is 0 Å². The Morgan fingerprint density at radius 1 is 1.24 bits per heavy atom. The first-order chi connectivity index (χ1) is 7.90. The number of nitrogens with zero attached hydrogens (tertiary/aromatic N) is 1. The fraction of sp³-hybridized carbons (Fsp3) is 0.583. The van der Waals surface area contributed by atoms with Crippen LogP contribution < -0.4 is 0 Å². The van der Waals surface area contributed by atoms with E-state index >= 15 is 0 Å². The molecule has 0 spiro atoms. The first-order valence-electron chi connectivity index (χ1n) is 5.61. The molecule has 1 heterocycles. The van der Waals surface area contributed by atoms with Crippen LogP contribution in [0, 0.1) is 5.92 Å². The van der Waals surface area contributed by atoms with Crippen molar-refractivity contribution in [2.24, 2.45) is 5.92 Å². The van der Waals surface area contributed by atoms with Crippen LogP contribution in [0.3, 0.4) is 0 Å². The standard InChI is InChI=1S/C12H16F3NO/c1-3-8(4-2)11(17)10-6-5-9(7-16-10)12(13,14)15/h5-8,11,17H,3-4H2,1-2H3. The lowest BCUT2D eigenvalue weighted by molar-refractivity contribution is -0.137. The zero-order valence-electron chi connectivity index (χ0n) is 9.83. The molecule has 1 unspecified atom stereocenters. The van der Waals surface area contributed by atoms with Gasteiger partial charge in [-0.05, 0) is 18.1 Å². The van der Waals surface area contributed by atoms with Gasteiger partial charge in [-0.2, -0.15) is 13.2 Å². The van der Waals surface area contributed by atoms with Gasteiger partial charge in [-0.25, -0.2) is 0 Å². The summed E-state index contributed by atoms with van der Waals surface area (Å²) in [5.74, 6) is 0.0271. The monoisotopic (exact) mass is 247 g/mol. The minimum absolute atomic E-state index is 0.0271. The number of hydrogen-bond donors (Lipinski definition) is 1. The molecule has 5 heteroatoms. The first-order valence-corrected chi connectivity index (χ1v) is 5.61. The second-order valence-electron chi connectivity index (χ2n) is 3.99. The Kier molecular flexibility index (Phi) is 4.51. The molecule has 0 aliphatic heterocycles. The van der Waals surface area contributed by atoms with E-state index in [0.29, 0.717) is 5.69 Å². The summed E-state index contributed by atoms with van der Waals surface area (Å²) >= 11 is 0. The summed E-state index contributed by atoms with van der Waals surface area (Å²) in [6.07, 6.45) is -2.89. The Morgan fingerprint density at radius 3 is 2.18 bits per heavy atom. The Balaban J connectivity index is 2.87. The minimum atomic E-state index is -4.38. The van der Waals surface area contributed by atoms with Crippen molar-refractivity contribution in [1.82, 2.24) is 4.98 Å². The van der Waals surface area contributed by atoms with E-state index in [1.807, 2.05) is 13.8 Å². The molecule has 0 bridgehead atoms. The topological polar surface area (TPSA) is 33.1 Å². The van der Waals surface area contributed by atoms with E-state index in [9.17, 15) is 18.3 Å². The van der Waals surface area contributed by atoms with Crippen LogP contribution in [-0.2, 0) is 6.18 Å². The van der Waals surface area contributed by atoms with Crippen LogP contribution in [-0.4, -0.2) is 10.1 Å². The van der Waals surface area contributed by atoms with Gasteiger partial charge in [-0.1, -0.05) is 26.7 Å². The van der Waals surface area contributed by atoms with E-state index in [1.165, 1.54) is 6.07 Å². The highest BCUT2D eigenvalue weighted by molar-refractivity contribution is 5.18. The van der Waals surface area contributed by atoms with E-state index in [-0.39, 0.29) is 5.92 Å². The number of aliphatic hydroxyl groups is 1. The zero-order valence-corrected chi connectivity index (χ0v) is 9.83.